The van der Waals surface area contributed by atoms with Gasteiger partial charge in [0, 0.05) is 37.7 Å². The summed E-state index contributed by atoms with van der Waals surface area (Å²) in [6.45, 7) is 2.11. The van der Waals surface area contributed by atoms with Gasteiger partial charge in [-0.3, -0.25) is 9.78 Å². The van der Waals surface area contributed by atoms with Crippen LogP contribution in [0.3, 0.4) is 0 Å². The maximum Gasteiger partial charge on any atom is 0.296 e. The molecule has 0 N–H and O–H groups in total. The number of aliphatic imine (C=N–C) groups is 1. The molecule has 0 bridgehead atoms. The zero-order valence-corrected chi connectivity index (χ0v) is 15.6. The largest absolute Gasteiger partial charge is 0.447 e. The molecule has 0 unspecified atom stereocenters. The van der Waals surface area contributed by atoms with Gasteiger partial charge in [0.2, 0.25) is 5.60 Å². The highest BCUT2D eigenvalue weighted by Gasteiger charge is 2.53. The number of piperidine rings is 1. The fourth-order valence-corrected chi connectivity index (χ4v) is 5.06. The van der Waals surface area contributed by atoms with E-state index in [9.17, 15) is 4.79 Å². The van der Waals surface area contributed by atoms with Crippen molar-refractivity contribution in [2.45, 2.75) is 43.5 Å². The van der Waals surface area contributed by atoms with E-state index in [0.29, 0.717) is 25.5 Å². The van der Waals surface area contributed by atoms with E-state index in [1.807, 2.05) is 24.4 Å². The summed E-state index contributed by atoms with van der Waals surface area (Å²) in [6.07, 6.45) is 4.69. The summed E-state index contributed by atoms with van der Waals surface area (Å²) < 4.78 is 12.4. The minimum absolute atomic E-state index is 0.150. The zero-order chi connectivity index (χ0) is 18.8. The van der Waals surface area contributed by atoms with Crippen LogP contribution >= 0.6 is 0 Å². The van der Waals surface area contributed by atoms with Gasteiger partial charge in [0.15, 0.2) is 0 Å². The lowest BCUT2D eigenvalue weighted by atomic mass is 9.87. The molecule has 0 saturated carbocycles. The molecule has 6 rings (SSSR count). The number of pyridine rings is 1. The second-order valence-corrected chi connectivity index (χ2v) is 8.20. The number of rotatable bonds is 0. The number of carbonyl (C=O) groups excluding carboxylic acids is 1. The molecule has 4 heterocycles. The van der Waals surface area contributed by atoms with Gasteiger partial charge in [0.1, 0.15) is 5.60 Å². The Kier molecular flexibility index (Phi) is 3.27. The molecule has 3 aliphatic heterocycles. The molecule has 0 radical (unpaired) electrons. The van der Waals surface area contributed by atoms with Gasteiger partial charge in [0.05, 0.1) is 12.3 Å². The van der Waals surface area contributed by atoms with Gasteiger partial charge in [-0.05, 0) is 30.0 Å². The molecular weight excluding hydrogens is 354 g/mol. The fraction of sp³-hybridized carbons (Fsp3) is 0.409. The van der Waals surface area contributed by atoms with Crippen LogP contribution in [0, 0.1) is 0 Å². The number of nitrogens with zero attached hydrogens (tertiary/aromatic N) is 3. The number of hydrogen-bond donors (Lipinski definition) is 0. The third-order valence-electron chi connectivity index (χ3n) is 6.61. The van der Waals surface area contributed by atoms with Gasteiger partial charge in [-0.15, -0.1) is 0 Å². The van der Waals surface area contributed by atoms with E-state index in [1.165, 1.54) is 16.7 Å². The molecule has 2 aromatic rings. The summed E-state index contributed by atoms with van der Waals surface area (Å²) in [4.78, 5) is 23.8. The molecule has 1 saturated heterocycles. The van der Waals surface area contributed by atoms with E-state index < -0.39 is 5.60 Å². The number of amides is 1. The Morgan fingerprint density at radius 3 is 2.39 bits per heavy atom. The minimum Gasteiger partial charge on any atom is -0.447 e. The Balaban J connectivity index is 1.19. The van der Waals surface area contributed by atoms with Crippen LogP contribution in [0.5, 0.6) is 0 Å². The van der Waals surface area contributed by atoms with Crippen LogP contribution in [0.4, 0.5) is 0 Å². The number of fused-ring (bicyclic) bond motifs is 3. The average Bonchev–Trinajstić information content (AvgIpc) is 3.37. The van der Waals surface area contributed by atoms with Crippen molar-refractivity contribution in [3.05, 3.63) is 65.0 Å². The summed E-state index contributed by atoms with van der Waals surface area (Å²) in [5.41, 5.74) is 3.48. The first kappa shape index (κ1) is 16.2. The first-order chi connectivity index (χ1) is 13.7. The van der Waals surface area contributed by atoms with Crippen LogP contribution < -0.4 is 0 Å². The molecule has 1 amide bonds. The smallest absolute Gasteiger partial charge is 0.296 e. The summed E-state index contributed by atoms with van der Waals surface area (Å²) >= 11 is 0. The predicted molar refractivity (Wildman–Crippen MR) is 102 cm³/mol. The summed E-state index contributed by atoms with van der Waals surface area (Å²) in [7, 11) is 0. The molecule has 1 fully saturated rings. The number of amidine groups is 1. The number of benzene rings is 1. The minimum atomic E-state index is -0.841. The standard InChI is InChI=1S/C22H21N3O3/c26-19-22(12-15-4-1-2-5-16(15)13-22)28-20(24-19)25-10-7-21(8-11-25)18-17(14-27-21)6-3-9-23-18/h1-6,9H,7-8,10-14H2. The topological polar surface area (TPSA) is 64.0 Å². The quantitative estimate of drug-likeness (QED) is 0.707. The number of ether oxygens (including phenoxy) is 2. The lowest BCUT2D eigenvalue weighted by molar-refractivity contribution is -0.130. The SMILES string of the molecule is O=C1N=C(N2CCC3(CC2)OCc2cccnc23)OC12Cc1ccccc1C2. The van der Waals surface area contributed by atoms with Crippen molar-refractivity contribution < 1.29 is 14.3 Å². The number of aromatic nitrogens is 1. The maximum atomic E-state index is 12.8. The molecular formula is C22H21N3O3. The van der Waals surface area contributed by atoms with Crippen LogP contribution in [0.2, 0.25) is 0 Å². The highest BCUT2D eigenvalue weighted by atomic mass is 16.5. The van der Waals surface area contributed by atoms with Gasteiger partial charge >= 0.3 is 0 Å². The zero-order valence-electron chi connectivity index (χ0n) is 15.6. The van der Waals surface area contributed by atoms with E-state index in [0.717, 1.165) is 31.6 Å². The van der Waals surface area contributed by atoms with Crippen LogP contribution in [0.15, 0.2) is 47.6 Å². The molecule has 142 valence electrons. The molecule has 28 heavy (non-hydrogen) atoms. The Morgan fingerprint density at radius 2 is 1.64 bits per heavy atom. The van der Waals surface area contributed by atoms with Crippen LogP contribution in [0.25, 0.3) is 0 Å². The van der Waals surface area contributed by atoms with Gasteiger partial charge in [-0.25, -0.2) is 0 Å². The summed E-state index contributed by atoms with van der Waals surface area (Å²) in [5.74, 6) is -0.150. The van der Waals surface area contributed by atoms with Crippen molar-refractivity contribution in [1.82, 2.24) is 9.88 Å². The molecule has 1 aromatic carbocycles. The van der Waals surface area contributed by atoms with Crippen molar-refractivity contribution in [2.24, 2.45) is 4.99 Å². The van der Waals surface area contributed by atoms with Crippen LogP contribution in [-0.4, -0.2) is 40.5 Å². The van der Waals surface area contributed by atoms with Gasteiger partial charge < -0.3 is 14.4 Å². The van der Waals surface area contributed by atoms with Crippen LogP contribution in [-0.2, 0) is 39.3 Å². The third kappa shape index (κ3) is 2.21. The molecule has 1 aliphatic carbocycles. The van der Waals surface area contributed by atoms with E-state index in [4.69, 9.17) is 9.47 Å². The van der Waals surface area contributed by atoms with E-state index >= 15 is 0 Å². The molecule has 1 aromatic heterocycles. The Hall–Kier alpha value is -2.73. The summed E-state index contributed by atoms with van der Waals surface area (Å²) in [5, 5.41) is 0. The first-order valence-electron chi connectivity index (χ1n) is 9.90. The van der Waals surface area contributed by atoms with Crippen molar-refractivity contribution >= 4 is 11.9 Å². The number of carbonyl (C=O) groups is 1. The van der Waals surface area contributed by atoms with E-state index in [-0.39, 0.29) is 11.5 Å². The molecule has 0 atom stereocenters. The van der Waals surface area contributed by atoms with Crippen LogP contribution in [0.1, 0.15) is 35.2 Å². The number of hydrogen-bond acceptors (Lipinski definition) is 5. The van der Waals surface area contributed by atoms with Gasteiger partial charge in [0.25, 0.3) is 11.9 Å². The van der Waals surface area contributed by atoms with Gasteiger partial charge in [-0.2, -0.15) is 4.99 Å². The Bertz CT molecular complexity index is 983. The lowest BCUT2D eigenvalue weighted by Gasteiger charge is -2.39. The van der Waals surface area contributed by atoms with E-state index in [1.54, 1.807) is 0 Å². The van der Waals surface area contributed by atoms with Crippen molar-refractivity contribution in [2.75, 3.05) is 13.1 Å². The van der Waals surface area contributed by atoms with Crippen molar-refractivity contribution in [1.29, 1.82) is 0 Å². The lowest BCUT2D eigenvalue weighted by Crippen LogP contribution is -2.47. The second kappa shape index (κ2) is 5.64. The highest BCUT2D eigenvalue weighted by Crippen LogP contribution is 2.44. The Morgan fingerprint density at radius 1 is 0.929 bits per heavy atom. The predicted octanol–water partition coefficient (Wildman–Crippen LogP) is 2.35. The molecule has 6 heteroatoms. The first-order valence-corrected chi connectivity index (χ1v) is 9.90. The monoisotopic (exact) mass is 375 g/mol. The Labute approximate surface area is 163 Å². The number of likely N-dealkylation sites (tertiary alicyclic amines) is 1. The van der Waals surface area contributed by atoms with E-state index in [2.05, 4.69) is 33.1 Å². The van der Waals surface area contributed by atoms with Gasteiger partial charge in [-0.1, -0.05) is 30.3 Å². The molecule has 6 nitrogen and oxygen atoms in total. The fourth-order valence-electron chi connectivity index (χ4n) is 5.06. The second-order valence-electron chi connectivity index (χ2n) is 8.20. The maximum absolute atomic E-state index is 12.8. The van der Waals surface area contributed by atoms with Crippen molar-refractivity contribution in [3.63, 3.8) is 0 Å². The highest BCUT2D eigenvalue weighted by molar-refractivity contribution is 6.02. The average molecular weight is 375 g/mol. The third-order valence-corrected chi connectivity index (χ3v) is 6.61. The normalized spacial score (nSPS) is 23.6. The molecule has 4 aliphatic rings. The van der Waals surface area contributed by atoms with Crippen molar-refractivity contribution in [3.8, 4) is 0 Å². The molecule has 2 spiro atoms. The summed E-state index contributed by atoms with van der Waals surface area (Å²) in [6, 6.07) is 12.7.